The largest absolute Gasteiger partial charge is 0.378 e. The second kappa shape index (κ2) is 11.8. The van der Waals surface area contributed by atoms with Gasteiger partial charge in [0.15, 0.2) is 0 Å². The maximum atomic E-state index is 10.5. The molecule has 5 heteroatoms. The van der Waals surface area contributed by atoms with E-state index in [0.29, 0.717) is 39.0 Å². The predicted octanol–water partition coefficient (Wildman–Crippen LogP) is 0.544. The van der Waals surface area contributed by atoms with E-state index in [4.69, 9.17) is 9.47 Å². The molecule has 0 rings (SSSR count). The predicted molar refractivity (Wildman–Crippen MR) is 68.1 cm³/mol. The van der Waals surface area contributed by atoms with Crippen LogP contribution in [0.5, 0.6) is 0 Å². The first-order valence-corrected chi connectivity index (χ1v) is 6.30. The number of rotatable bonds is 11. The van der Waals surface area contributed by atoms with Gasteiger partial charge in [-0.1, -0.05) is 6.92 Å². The third-order valence-corrected chi connectivity index (χ3v) is 2.34. The van der Waals surface area contributed by atoms with Crippen LogP contribution < -0.4 is 10.6 Å². The number of hydrogen-bond donors (Lipinski definition) is 2. The summed E-state index contributed by atoms with van der Waals surface area (Å²) in [4.78, 5) is 10.5. The average molecular weight is 246 g/mol. The van der Waals surface area contributed by atoms with E-state index in [0.717, 1.165) is 13.0 Å². The van der Waals surface area contributed by atoms with E-state index in [-0.39, 0.29) is 5.91 Å². The van der Waals surface area contributed by atoms with Crippen LogP contribution >= 0.6 is 0 Å². The van der Waals surface area contributed by atoms with Crippen LogP contribution in [0.4, 0.5) is 0 Å². The first-order valence-electron chi connectivity index (χ1n) is 6.30. The molecule has 0 saturated heterocycles. The zero-order valence-electron chi connectivity index (χ0n) is 11.3. The molecule has 1 unspecified atom stereocenters. The van der Waals surface area contributed by atoms with Gasteiger partial charge in [-0.2, -0.15) is 0 Å². The molecule has 1 atom stereocenters. The summed E-state index contributed by atoms with van der Waals surface area (Å²) in [7, 11) is 0. The summed E-state index contributed by atoms with van der Waals surface area (Å²) in [6.07, 6.45) is 1.13. The standard InChI is InChI=1S/C12H26N2O3/c1-4-11(2)13-5-7-16-9-10-17-8-6-14-12(3)15/h11,13H,4-10H2,1-3H3,(H,14,15). The van der Waals surface area contributed by atoms with Gasteiger partial charge in [-0.25, -0.2) is 0 Å². The van der Waals surface area contributed by atoms with Gasteiger partial charge in [0, 0.05) is 26.1 Å². The van der Waals surface area contributed by atoms with E-state index in [1.807, 2.05) is 0 Å². The Labute approximate surface area is 104 Å². The summed E-state index contributed by atoms with van der Waals surface area (Å²) in [6.45, 7) is 9.66. The van der Waals surface area contributed by atoms with Gasteiger partial charge in [0.1, 0.15) is 0 Å². The summed E-state index contributed by atoms with van der Waals surface area (Å²) >= 11 is 0. The minimum absolute atomic E-state index is 0.0269. The number of ether oxygens (including phenoxy) is 2. The molecule has 2 N–H and O–H groups in total. The minimum atomic E-state index is -0.0269. The third kappa shape index (κ3) is 13.3. The molecule has 102 valence electrons. The van der Waals surface area contributed by atoms with Crippen LogP contribution in [-0.4, -0.2) is 51.5 Å². The molecule has 0 aromatic heterocycles. The van der Waals surface area contributed by atoms with Crippen molar-refractivity contribution < 1.29 is 14.3 Å². The summed E-state index contributed by atoms with van der Waals surface area (Å²) in [6, 6.07) is 0.549. The fourth-order valence-electron chi connectivity index (χ4n) is 1.14. The van der Waals surface area contributed by atoms with Crippen molar-refractivity contribution in [2.75, 3.05) is 39.5 Å². The Balaban J connectivity index is 3.01. The number of nitrogens with one attached hydrogen (secondary N) is 2. The molecule has 1 amide bonds. The maximum absolute atomic E-state index is 10.5. The Bertz CT molecular complexity index is 189. The van der Waals surface area contributed by atoms with Crippen LogP contribution in [0.3, 0.4) is 0 Å². The molecule has 0 aliphatic heterocycles. The lowest BCUT2D eigenvalue weighted by atomic mass is 10.3. The quantitative estimate of drug-likeness (QED) is 0.523. The second-order valence-electron chi connectivity index (χ2n) is 3.97. The topological polar surface area (TPSA) is 59.6 Å². The van der Waals surface area contributed by atoms with E-state index in [1.54, 1.807) is 0 Å². The molecule has 0 heterocycles. The van der Waals surface area contributed by atoms with Crippen molar-refractivity contribution in [2.45, 2.75) is 33.2 Å². The highest BCUT2D eigenvalue weighted by atomic mass is 16.5. The first-order chi connectivity index (χ1) is 8.16. The fraction of sp³-hybridized carbons (Fsp3) is 0.917. The normalized spacial score (nSPS) is 12.4. The third-order valence-electron chi connectivity index (χ3n) is 2.34. The summed E-state index contributed by atoms with van der Waals surface area (Å²) < 4.78 is 10.7. The van der Waals surface area contributed by atoms with Gasteiger partial charge in [0.05, 0.1) is 26.4 Å². The molecule has 0 spiro atoms. The number of hydrogen-bond acceptors (Lipinski definition) is 4. The van der Waals surface area contributed by atoms with Crippen molar-refractivity contribution in [1.29, 1.82) is 0 Å². The highest BCUT2D eigenvalue weighted by Gasteiger charge is 1.96. The molecular weight excluding hydrogens is 220 g/mol. The van der Waals surface area contributed by atoms with Crippen molar-refractivity contribution in [3.63, 3.8) is 0 Å². The fourth-order valence-corrected chi connectivity index (χ4v) is 1.14. The molecule has 0 aromatic carbocycles. The lowest BCUT2D eigenvalue weighted by molar-refractivity contribution is -0.119. The molecule has 5 nitrogen and oxygen atoms in total. The van der Waals surface area contributed by atoms with E-state index in [9.17, 15) is 4.79 Å². The van der Waals surface area contributed by atoms with Gasteiger partial charge in [-0.3, -0.25) is 4.79 Å². The van der Waals surface area contributed by atoms with Crippen LogP contribution in [0.15, 0.2) is 0 Å². The van der Waals surface area contributed by atoms with Crippen LogP contribution in [0.1, 0.15) is 27.2 Å². The number of carbonyl (C=O) groups is 1. The van der Waals surface area contributed by atoms with Crippen LogP contribution in [0.2, 0.25) is 0 Å². The first kappa shape index (κ1) is 16.4. The smallest absolute Gasteiger partial charge is 0.216 e. The van der Waals surface area contributed by atoms with E-state index >= 15 is 0 Å². The van der Waals surface area contributed by atoms with Gasteiger partial charge in [-0.15, -0.1) is 0 Å². The number of carbonyl (C=O) groups excluding carboxylic acids is 1. The van der Waals surface area contributed by atoms with E-state index in [1.165, 1.54) is 6.92 Å². The Kier molecular flexibility index (Phi) is 11.4. The summed E-state index contributed by atoms with van der Waals surface area (Å²) in [5.41, 5.74) is 0. The van der Waals surface area contributed by atoms with Gasteiger partial charge in [0.2, 0.25) is 5.91 Å². The monoisotopic (exact) mass is 246 g/mol. The maximum Gasteiger partial charge on any atom is 0.216 e. The molecule has 0 aromatic rings. The second-order valence-corrected chi connectivity index (χ2v) is 3.97. The zero-order valence-corrected chi connectivity index (χ0v) is 11.3. The SMILES string of the molecule is CCC(C)NCCOCCOCCNC(C)=O. The highest BCUT2D eigenvalue weighted by molar-refractivity contribution is 5.72. The van der Waals surface area contributed by atoms with Gasteiger partial charge in [0.25, 0.3) is 0 Å². The van der Waals surface area contributed by atoms with Gasteiger partial charge >= 0.3 is 0 Å². The van der Waals surface area contributed by atoms with Crippen molar-refractivity contribution in [1.82, 2.24) is 10.6 Å². The van der Waals surface area contributed by atoms with Crippen LogP contribution in [0.25, 0.3) is 0 Å². The van der Waals surface area contributed by atoms with Crippen LogP contribution in [0, 0.1) is 0 Å². The molecule has 0 aliphatic rings. The molecule has 0 aliphatic carbocycles. The van der Waals surface area contributed by atoms with Crippen molar-refractivity contribution in [2.24, 2.45) is 0 Å². The lowest BCUT2D eigenvalue weighted by Gasteiger charge is -2.11. The lowest BCUT2D eigenvalue weighted by Crippen LogP contribution is -2.29. The Morgan fingerprint density at radius 2 is 1.71 bits per heavy atom. The molecule has 0 fully saturated rings. The van der Waals surface area contributed by atoms with E-state index in [2.05, 4.69) is 24.5 Å². The van der Waals surface area contributed by atoms with Crippen LogP contribution in [-0.2, 0) is 14.3 Å². The summed E-state index contributed by atoms with van der Waals surface area (Å²) in [5, 5.41) is 6.00. The molecular formula is C12H26N2O3. The van der Waals surface area contributed by atoms with Gasteiger partial charge < -0.3 is 20.1 Å². The highest BCUT2D eigenvalue weighted by Crippen LogP contribution is 1.86. The summed E-state index contributed by atoms with van der Waals surface area (Å²) in [5.74, 6) is -0.0269. The van der Waals surface area contributed by atoms with E-state index < -0.39 is 0 Å². The number of amides is 1. The van der Waals surface area contributed by atoms with Crippen molar-refractivity contribution >= 4 is 5.91 Å². The molecule has 0 saturated carbocycles. The minimum Gasteiger partial charge on any atom is -0.378 e. The average Bonchev–Trinajstić information content (AvgIpc) is 2.30. The molecule has 17 heavy (non-hydrogen) atoms. The molecule has 0 radical (unpaired) electrons. The van der Waals surface area contributed by atoms with Gasteiger partial charge in [-0.05, 0) is 13.3 Å². The Morgan fingerprint density at radius 3 is 2.24 bits per heavy atom. The van der Waals surface area contributed by atoms with Crippen molar-refractivity contribution in [3.8, 4) is 0 Å². The molecule has 0 bridgehead atoms. The Hall–Kier alpha value is -0.650. The Morgan fingerprint density at radius 1 is 1.12 bits per heavy atom. The zero-order chi connectivity index (χ0) is 12.9. The van der Waals surface area contributed by atoms with Crippen molar-refractivity contribution in [3.05, 3.63) is 0 Å².